The lowest BCUT2D eigenvalue weighted by molar-refractivity contribution is -0.137. The van der Waals surface area contributed by atoms with Gasteiger partial charge in [0.15, 0.2) is 8.32 Å². The molecule has 0 saturated heterocycles. The van der Waals surface area contributed by atoms with Crippen molar-refractivity contribution in [1.82, 2.24) is 0 Å². The molecule has 0 radical (unpaired) electrons. The van der Waals surface area contributed by atoms with Crippen LogP contribution in [0.15, 0.2) is 34.4 Å². The van der Waals surface area contributed by atoms with Crippen LogP contribution in [0.5, 0.6) is 0 Å². The van der Waals surface area contributed by atoms with Crippen molar-refractivity contribution in [3.8, 4) is 0 Å². The highest BCUT2D eigenvalue weighted by atomic mass is 127. The average molecular weight is 442 g/mol. The monoisotopic (exact) mass is 442 g/mol. The van der Waals surface area contributed by atoms with Gasteiger partial charge in [-0.3, -0.25) is 0 Å². The van der Waals surface area contributed by atoms with E-state index in [0.717, 1.165) is 6.07 Å². The number of hydrogen-bond acceptors (Lipinski definition) is 1. The molecule has 22 heavy (non-hydrogen) atoms. The minimum atomic E-state index is -4.34. The highest BCUT2D eigenvalue weighted by Gasteiger charge is 2.39. The Labute approximate surface area is 145 Å². The van der Waals surface area contributed by atoms with Crippen LogP contribution in [0.25, 0.3) is 0 Å². The fourth-order valence-corrected chi connectivity index (χ4v) is 3.25. The zero-order chi connectivity index (χ0) is 17.2. The fourth-order valence-electron chi connectivity index (χ4n) is 1.67. The van der Waals surface area contributed by atoms with E-state index in [-0.39, 0.29) is 5.04 Å². The quantitative estimate of drug-likeness (QED) is 0.372. The molecule has 0 heterocycles. The zero-order valence-corrected chi connectivity index (χ0v) is 16.6. The van der Waals surface area contributed by atoms with Crippen molar-refractivity contribution in [2.24, 2.45) is 0 Å². The van der Waals surface area contributed by atoms with Crippen molar-refractivity contribution >= 4 is 30.9 Å². The minimum absolute atomic E-state index is 0.00794. The highest BCUT2D eigenvalue weighted by Crippen LogP contribution is 2.40. The van der Waals surface area contributed by atoms with Crippen LogP contribution in [-0.4, -0.2) is 8.32 Å². The van der Waals surface area contributed by atoms with Crippen molar-refractivity contribution in [2.45, 2.75) is 51.2 Å². The van der Waals surface area contributed by atoms with Crippen molar-refractivity contribution in [3.05, 3.63) is 45.6 Å². The normalized spacial score (nSPS) is 15.3. The van der Waals surface area contributed by atoms with E-state index in [1.54, 1.807) is 16.2 Å². The minimum Gasteiger partial charge on any atom is -0.406 e. The molecule has 124 valence electrons. The summed E-state index contributed by atoms with van der Waals surface area (Å²) in [4.78, 5) is 0. The van der Waals surface area contributed by atoms with Gasteiger partial charge in [0.2, 0.25) is 0 Å². The third-order valence-electron chi connectivity index (χ3n) is 4.02. The van der Waals surface area contributed by atoms with Gasteiger partial charge in [0.1, 0.15) is 0 Å². The maximum Gasteiger partial charge on any atom is 0.416 e. The Bertz CT molecular complexity index is 533. The smallest absolute Gasteiger partial charge is 0.406 e. The van der Waals surface area contributed by atoms with Crippen molar-refractivity contribution in [2.75, 3.05) is 0 Å². The van der Waals surface area contributed by atoms with Gasteiger partial charge < -0.3 is 4.43 Å². The Morgan fingerprint density at radius 3 is 2.23 bits per heavy atom. The molecule has 0 saturated carbocycles. The summed E-state index contributed by atoms with van der Waals surface area (Å²) in [6, 6.07) is 5.37. The van der Waals surface area contributed by atoms with Crippen molar-refractivity contribution < 1.29 is 17.6 Å². The molecule has 0 amide bonds. The lowest BCUT2D eigenvalue weighted by Gasteiger charge is -2.38. The topological polar surface area (TPSA) is 9.23 Å². The summed E-state index contributed by atoms with van der Waals surface area (Å²) in [6.07, 6.45) is -3.00. The van der Waals surface area contributed by atoms with Gasteiger partial charge in [0.05, 0.1) is 11.7 Å². The van der Waals surface area contributed by atoms with Gasteiger partial charge in [-0.15, -0.1) is 0 Å². The van der Waals surface area contributed by atoms with E-state index >= 15 is 0 Å². The predicted molar refractivity (Wildman–Crippen MR) is 95.6 cm³/mol. The molecule has 6 heteroatoms. The fraction of sp³-hybridized carbons (Fsp3) is 0.500. The van der Waals surface area contributed by atoms with E-state index < -0.39 is 26.2 Å². The Morgan fingerprint density at radius 2 is 1.77 bits per heavy atom. The third kappa shape index (κ3) is 5.09. The van der Waals surface area contributed by atoms with Crippen LogP contribution in [0, 0.1) is 0 Å². The molecule has 0 aliphatic heterocycles. The molecule has 0 aliphatic carbocycles. The van der Waals surface area contributed by atoms with E-state index in [0.29, 0.717) is 5.56 Å². The van der Waals surface area contributed by atoms with Crippen LogP contribution < -0.4 is 0 Å². The summed E-state index contributed by atoms with van der Waals surface area (Å²) >= 11 is 2.06. The van der Waals surface area contributed by atoms with Crippen LogP contribution in [0.4, 0.5) is 13.2 Å². The average Bonchev–Trinajstić information content (AvgIpc) is 2.36. The second kappa shape index (κ2) is 7.05. The largest absolute Gasteiger partial charge is 0.416 e. The number of halogens is 4. The molecular formula is C16H22F3IOSi. The number of rotatable bonds is 4. The molecule has 0 bridgehead atoms. The molecule has 1 rings (SSSR count). The van der Waals surface area contributed by atoms with E-state index in [1.165, 1.54) is 12.1 Å². The van der Waals surface area contributed by atoms with Crippen LogP contribution >= 0.6 is 22.6 Å². The number of alkyl halides is 3. The Hall–Kier alpha value is -0.343. The van der Waals surface area contributed by atoms with Crippen LogP contribution in [0.1, 0.15) is 38.0 Å². The molecule has 0 aromatic heterocycles. The van der Waals surface area contributed by atoms with Crippen LogP contribution in [0.3, 0.4) is 0 Å². The second-order valence-electron chi connectivity index (χ2n) is 6.74. The van der Waals surface area contributed by atoms with E-state index in [2.05, 4.69) is 56.5 Å². The summed E-state index contributed by atoms with van der Waals surface area (Å²) in [5, 5.41) is -0.00794. The molecule has 1 unspecified atom stereocenters. The summed E-state index contributed by atoms with van der Waals surface area (Å²) in [6.45, 7) is 10.5. The number of benzene rings is 1. The standard InChI is InChI=1S/C16H22F3IOSi/c1-15(2,3)22(4,5)21-14(9-10-20)12-7-6-8-13(11-12)16(17,18)19/h6-11,14H,1-5H3. The Balaban J connectivity index is 3.17. The molecule has 0 fully saturated rings. The van der Waals surface area contributed by atoms with Gasteiger partial charge in [-0.1, -0.05) is 55.5 Å². The molecule has 0 N–H and O–H groups in total. The van der Waals surface area contributed by atoms with E-state index in [4.69, 9.17) is 4.43 Å². The van der Waals surface area contributed by atoms with Gasteiger partial charge in [0, 0.05) is 0 Å². The Kier molecular flexibility index (Phi) is 6.31. The second-order valence-corrected chi connectivity index (χ2v) is 12.2. The van der Waals surface area contributed by atoms with Gasteiger partial charge in [0.25, 0.3) is 0 Å². The van der Waals surface area contributed by atoms with Gasteiger partial charge in [-0.05, 0) is 46.0 Å². The zero-order valence-electron chi connectivity index (χ0n) is 13.5. The molecular weight excluding hydrogens is 420 g/mol. The van der Waals surface area contributed by atoms with Gasteiger partial charge >= 0.3 is 6.18 Å². The molecule has 0 aliphatic rings. The predicted octanol–water partition coefficient (Wildman–Crippen LogP) is 6.72. The lowest BCUT2D eigenvalue weighted by Crippen LogP contribution is -2.41. The maximum atomic E-state index is 12.9. The third-order valence-corrected chi connectivity index (χ3v) is 8.89. The molecule has 1 nitrogen and oxygen atoms in total. The van der Waals surface area contributed by atoms with E-state index in [1.807, 2.05) is 0 Å². The first-order chi connectivity index (χ1) is 9.88. The van der Waals surface area contributed by atoms with Gasteiger partial charge in [-0.25, -0.2) is 0 Å². The van der Waals surface area contributed by atoms with Gasteiger partial charge in [-0.2, -0.15) is 13.2 Å². The molecule has 0 spiro atoms. The highest BCUT2D eigenvalue weighted by molar-refractivity contribution is 14.1. The maximum absolute atomic E-state index is 12.9. The molecule has 1 aromatic carbocycles. The SMILES string of the molecule is CC(C)(C)[Si](C)(C)OC(C=CI)c1cccc(C(F)(F)F)c1. The first-order valence-corrected chi connectivity index (χ1v) is 11.2. The first-order valence-electron chi connectivity index (χ1n) is 7.00. The molecule has 1 atom stereocenters. The Morgan fingerprint density at radius 1 is 1.18 bits per heavy atom. The first kappa shape index (κ1) is 19.7. The summed E-state index contributed by atoms with van der Waals surface area (Å²) in [5.41, 5.74) is -0.108. The van der Waals surface area contributed by atoms with Crippen LogP contribution in [-0.2, 0) is 10.6 Å². The lowest BCUT2D eigenvalue weighted by atomic mass is 10.1. The van der Waals surface area contributed by atoms with Crippen molar-refractivity contribution in [3.63, 3.8) is 0 Å². The number of hydrogen-bond donors (Lipinski definition) is 0. The summed E-state index contributed by atoms with van der Waals surface area (Å²) in [5.74, 6) is 0. The van der Waals surface area contributed by atoms with E-state index in [9.17, 15) is 13.2 Å². The van der Waals surface area contributed by atoms with Crippen molar-refractivity contribution in [1.29, 1.82) is 0 Å². The molecule has 1 aromatic rings. The summed E-state index contributed by atoms with van der Waals surface area (Å²) in [7, 11) is -2.09. The van der Waals surface area contributed by atoms with Crippen LogP contribution in [0.2, 0.25) is 18.1 Å². The summed E-state index contributed by atoms with van der Waals surface area (Å²) < 4.78 is 46.7.